The largest absolute Gasteiger partial charge is 0.490 e. The summed E-state index contributed by atoms with van der Waals surface area (Å²) in [4.78, 5) is 31.8. The number of hydrogen-bond donors (Lipinski definition) is 3. The van der Waals surface area contributed by atoms with E-state index in [-0.39, 0.29) is 30.4 Å². The summed E-state index contributed by atoms with van der Waals surface area (Å²) in [7, 11) is 2.03. The summed E-state index contributed by atoms with van der Waals surface area (Å²) >= 11 is 1.33. The summed E-state index contributed by atoms with van der Waals surface area (Å²) in [5, 5.41) is 17.6. The Balaban J connectivity index is 1.20. The van der Waals surface area contributed by atoms with Crippen molar-refractivity contribution in [2.75, 3.05) is 43.6 Å². The highest BCUT2D eigenvalue weighted by molar-refractivity contribution is 7.14. The van der Waals surface area contributed by atoms with Gasteiger partial charge in [-0.1, -0.05) is 13.0 Å². The van der Waals surface area contributed by atoms with E-state index < -0.39 is 0 Å². The summed E-state index contributed by atoms with van der Waals surface area (Å²) in [5.74, 6) is 0.181. The van der Waals surface area contributed by atoms with Crippen molar-refractivity contribution in [2.45, 2.75) is 25.2 Å². The predicted octanol–water partition coefficient (Wildman–Crippen LogP) is 3.20. The first-order chi connectivity index (χ1) is 16.9. The lowest BCUT2D eigenvalue weighted by molar-refractivity contribution is -0.115. The van der Waals surface area contributed by atoms with Crippen LogP contribution in [0.1, 0.15) is 34.8 Å². The number of likely N-dealkylation sites (N-methyl/N-ethyl adjacent to an activating group) is 1. The number of benzene rings is 2. The Kier molecular flexibility index (Phi) is 6.21. The summed E-state index contributed by atoms with van der Waals surface area (Å²) in [6, 6.07) is 11.5. The van der Waals surface area contributed by atoms with Crippen LogP contribution in [-0.2, 0) is 16.6 Å². The summed E-state index contributed by atoms with van der Waals surface area (Å²) in [6.07, 6.45) is 1.75. The van der Waals surface area contributed by atoms with Gasteiger partial charge in [0.05, 0.1) is 31.1 Å². The molecule has 0 saturated carbocycles. The lowest BCUT2D eigenvalue weighted by Gasteiger charge is -2.27. The molecule has 5 rings (SSSR count). The van der Waals surface area contributed by atoms with E-state index in [9.17, 15) is 14.7 Å². The minimum absolute atomic E-state index is 0.0409. The third-order valence-corrected chi connectivity index (χ3v) is 7.59. The molecule has 0 bridgehead atoms. The molecule has 182 valence electrons. The first-order valence-corrected chi connectivity index (χ1v) is 12.5. The van der Waals surface area contributed by atoms with E-state index in [2.05, 4.69) is 20.5 Å². The number of rotatable bonds is 6. The molecular weight excluding hydrogens is 464 g/mol. The van der Waals surface area contributed by atoms with Gasteiger partial charge in [0.15, 0.2) is 5.13 Å². The maximum Gasteiger partial charge on any atom is 0.251 e. The van der Waals surface area contributed by atoms with Crippen LogP contribution in [0.15, 0.2) is 41.8 Å². The van der Waals surface area contributed by atoms with Crippen molar-refractivity contribution >= 4 is 34.0 Å². The highest BCUT2D eigenvalue weighted by atomic mass is 32.1. The monoisotopic (exact) mass is 492 g/mol. The molecule has 2 heterocycles. The third kappa shape index (κ3) is 4.61. The standard InChI is InChI=1S/C26H28N4O4S/c1-26(15-31)8-7-16-3-4-18(11-19(16)26)24(33)27-13-23(32)29-25-28-20(14-35-25)17-5-6-22-21(12-17)30(2)9-10-34-22/h3-6,11-12,14,31H,7-10,13,15H2,1-2H3,(H,27,33)(H,28,29,32)/t26-/m0/s1. The van der Waals surface area contributed by atoms with E-state index >= 15 is 0 Å². The number of hydrogen-bond acceptors (Lipinski definition) is 7. The van der Waals surface area contributed by atoms with Crippen molar-refractivity contribution in [2.24, 2.45) is 0 Å². The first-order valence-electron chi connectivity index (χ1n) is 11.6. The quantitative estimate of drug-likeness (QED) is 0.488. The fourth-order valence-electron chi connectivity index (χ4n) is 4.61. The van der Waals surface area contributed by atoms with E-state index in [1.807, 2.05) is 49.7 Å². The molecule has 8 nitrogen and oxygen atoms in total. The maximum absolute atomic E-state index is 12.7. The van der Waals surface area contributed by atoms with Crippen LogP contribution in [0.3, 0.4) is 0 Å². The van der Waals surface area contributed by atoms with Gasteiger partial charge in [0.2, 0.25) is 5.91 Å². The molecule has 3 N–H and O–H groups in total. The fraction of sp³-hybridized carbons (Fsp3) is 0.346. The van der Waals surface area contributed by atoms with Gasteiger partial charge >= 0.3 is 0 Å². The van der Waals surface area contributed by atoms with Crippen LogP contribution >= 0.6 is 11.3 Å². The van der Waals surface area contributed by atoms with Gasteiger partial charge in [-0.05, 0) is 54.3 Å². The number of aromatic nitrogens is 1. The van der Waals surface area contributed by atoms with Crippen LogP contribution < -0.4 is 20.3 Å². The van der Waals surface area contributed by atoms with Crippen LogP contribution in [0.4, 0.5) is 10.8 Å². The smallest absolute Gasteiger partial charge is 0.251 e. The van der Waals surface area contributed by atoms with Crippen LogP contribution in [0.2, 0.25) is 0 Å². The number of carbonyl (C=O) groups excluding carboxylic acids is 2. The number of nitrogens with zero attached hydrogens (tertiary/aromatic N) is 2. The average molecular weight is 493 g/mol. The molecule has 1 aliphatic carbocycles. The highest BCUT2D eigenvalue weighted by Crippen LogP contribution is 2.39. The van der Waals surface area contributed by atoms with Crippen LogP contribution in [0, 0.1) is 0 Å². The number of anilines is 2. The molecule has 1 aliphatic heterocycles. The Bertz CT molecular complexity index is 1290. The number of thiazole rings is 1. The van der Waals surface area contributed by atoms with Crippen molar-refractivity contribution in [3.8, 4) is 17.0 Å². The topological polar surface area (TPSA) is 104 Å². The molecule has 2 aliphatic rings. The maximum atomic E-state index is 12.7. The number of amides is 2. The van der Waals surface area contributed by atoms with E-state index in [0.717, 1.165) is 53.2 Å². The molecule has 0 fully saturated rings. The van der Waals surface area contributed by atoms with Crippen LogP contribution in [0.25, 0.3) is 11.3 Å². The molecule has 1 aromatic heterocycles. The van der Waals surface area contributed by atoms with Crippen molar-refractivity contribution in [1.82, 2.24) is 10.3 Å². The van der Waals surface area contributed by atoms with E-state index in [1.165, 1.54) is 11.3 Å². The molecule has 0 unspecified atom stereocenters. The van der Waals surface area contributed by atoms with Gasteiger partial charge in [-0.2, -0.15) is 0 Å². The Hall–Kier alpha value is -3.43. The SMILES string of the molecule is CN1CCOc2ccc(-c3csc(NC(=O)CNC(=O)c4ccc5c(c4)[C@](C)(CO)CC5)n3)cc21. The van der Waals surface area contributed by atoms with Gasteiger partial charge < -0.3 is 25.4 Å². The Labute approximate surface area is 207 Å². The Morgan fingerprint density at radius 1 is 1.26 bits per heavy atom. The minimum atomic E-state index is -0.348. The number of aliphatic hydroxyl groups is 1. The van der Waals surface area contributed by atoms with Gasteiger partial charge in [0.25, 0.3) is 5.91 Å². The molecule has 2 amide bonds. The fourth-order valence-corrected chi connectivity index (χ4v) is 5.34. The van der Waals surface area contributed by atoms with E-state index in [0.29, 0.717) is 17.3 Å². The van der Waals surface area contributed by atoms with Crippen LogP contribution in [-0.4, -0.2) is 55.3 Å². The number of ether oxygens (including phenoxy) is 1. The Morgan fingerprint density at radius 3 is 2.94 bits per heavy atom. The molecule has 0 saturated heterocycles. The van der Waals surface area contributed by atoms with Crippen molar-refractivity contribution in [1.29, 1.82) is 0 Å². The number of fused-ring (bicyclic) bond motifs is 2. The lowest BCUT2D eigenvalue weighted by atomic mass is 9.84. The highest BCUT2D eigenvalue weighted by Gasteiger charge is 2.34. The zero-order valence-corrected chi connectivity index (χ0v) is 20.6. The molecular formula is C26H28N4O4S. The zero-order chi connectivity index (χ0) is 24.6. The summed E-state index contributed by atoms with van der Waals surface area (Å²) in [6.45, 7) is 3.38. The first kappa shape index (κ1) is 23.3. The van der Waals surface area contributed by atoms with Crippen LogP contribution in [0.5, 0.6) is 5.75 Å². The average Bonchev–Trinajstić information content (AvgIpc) is 3.47. The van der Waals surface area contributed by atoms with Crippen molar-refractivity contribution in [3.05, 3.63) is 58.5 Å². The lowest BCUT2D eigenvalue weighted by Crippen LogP contribution is -2.33. The van der Waals surface area contributed by atoms with Crippen molar-refractivity contribution in [3.63, 3.8) is 0 Å². The second kappa shape index (κ2) is 9.31. The van der Waals surface area contributed by atoms with Gasteiger partial charge in [-0.25, -0.2) is 4.98 Å². The molecule has 0 spiro atoms. The molecule has 3 aromatic rings. The minimum Gasteiger partial charge on any atom is -0.490 e. The summed E-state index contributed by atoms with van der Waals surface area (Å²) < 4.78 is 5.70. The molecule has 35 heavy (non-hydrogen) atoms. The summed E-state index contributed by atoms with van der Waals surface area (Å²) in [5.41, 5.74) is 5.04. The van der Waals surface area contributed by atoms with E-state index in [1.54, 1.807) is 6.07 Å². The van der Waals surface area contributed by atoms with E-state index in [4.69, 9.17) is 4.74 Å². The van der Waals surface area contributed by atoms with Gasteiger partial charge in [-0.15, -0.1) is 11.3 Å². The Morgan fingerprint density at radius 2 is 2.11 bits per heavy atom. The van der Waals surface area contributed by atoms with Gasteiger partial charge in [0.1, 0.15) is 12.4 Å². The molecule has 9 heteroatoms. The second-order valence-electron chi connectivity index (χ2n) is 9.31. The number of nitrogens with one attached hydrogen (secondary N) is 2. The normalized spacial score (nSPS) is 18.4. The molecule has 0 radical (unpaired) electrons. The molecule has 2 aromatic carbocycles. The van der Waals surface area contributed by atoms with Gasteiger partial charge in [0, 0.05) is 29.0 Å². The molecule has 1 atom stereocenters. The number of carbonyl (C=O) groups is 2. The number of aryl methyl sites for hydroxylation is 1. The third-order valence-electron chi connectivity index (χ3n) is 6.83. The number of aliphatic hydroxyl groups excluding tert-OH is 1. The predicted molar refractivity (Wildman–Crippen MR) is 136 cm³/mol. The van der Waals surface area contributed by atoms with Crippen molar-refractivity contribution < 1.29 is 19.4 Å². The second-order valence-corrected chi connectivity index (χ2v) is 10.2. The van der Waals surface area contributed by atoms with Gasteiger partial charge in [-0.3, -0.25) is 9.59 Å². The zero-order valence-electron chi connectivity index (χ0n) is 19.8.